The van der Waals surface area contributed by atoms with E-state index in [-0.39, 0.29) is 0 Å². The van der Waals surface area contributed by atoms with Crippen molar-refractivity contribution in [2.45, 2.75) is 0 Å². The van der Waals surface area contributed by atoms with E-state index in [1.165, 1.54) is 0 Å². The predicted molar refractivity (Wildman–Crippen MR) is 72.0 cm³/mol. The van der Waals surface area contributed by atoms with Crippen LogP contribution in [0.3, 0.4) is 0 Å². The lowest BCUT2D eigenvalue weighted by atomic mass is 10.1. The summed E-state index contributed by atoms with van der Waals surface area (Å²) in [5.41, 5.74) is 8.06. The summed E-state index contributed by atoms with van der Waals surface area (Å²) in [5.74, 6) is -0.453. The summed E-state index contributed by atoms with van der Waals surface area (Å²) >= 11 is 5.88. The fraction of sp³-hybridized carbons (Fsp3) is 0. The molecule has 3 rings (SSSR count). The molecule has 0 aliphatic heterocycles. The molecule has 0 aliphatic rings. The van der Waals surface area contributed by atoms with Crippen molar-refractivity contribution in [1.29, 1.82) is 0 Å². The number of hydrogen-bond donors (Lipinski definition) is 1. The van der Waals surface area contributed by atoms with Crippen molar-refractivity contribution in [3.05, 3.63) is 53.3 Å². The Bertz CT molecular complexity index is 764. The van der Waals surface area contributed by atoms with Crippen molar-refractivity contribution >= 4 is 23.2 Å². The van der Waals surface area contributed by atoms with Crippen molar-refractivity contribution in [3.63, 3.8) is 0 Å². The topological polar surface area (TPSA) is 73.3 Å². The Hall–Kier alpha value is -2.40. The maximum Gasteiger partial charge on any atom is 0.248 e. The van der Waals surface area contributed by atoms with Crippen molar-refractivity contribution in [2.24, 2.45) is 5.73 Å². The van der Waals surface area contributed by atoms with Crippen molar-refractivity contribution in [1.82, 2.24) is 14.6 Å². The molecule has 6 heteroatoms. The molecule has 0 fully saturated rings. The minimum absolute atomic E-state index is 0.389. The highest BCUT2D eigenvalue weighted by Crippen LogP contribution is 2.21. The molecular weight excluding hydrogens is 264 g/mol. The van der Waals surface area contributed by atoms with E-state index in [0.717, 1.165) is 11.3 Å². The second-order valence-electron chi connectivity index (χ2n) is 4.01. The van der Waals surface area contributed by atoms with Gasteiger partial charge in [0.15, 0.2) is 5.65 Å². The third-order valence-corrected chi connectivity index (χ3v) is 3.00. The molecule has 0 spiro atoms. The number of nitrogens with two attached hydrogens (primary N) is 1. The van der Waals surface area contributed by atoms with E-state index in [2.05, 4.69) is 10.1 Å². The number of carbonyl (C=O) groups excluding carboxylic acids is 1. The van der Waals surface area contributed by atoms with E-state index in [9.17, 15) is 4.79 Å². The first kappa shape index (κ1) is 11.7. The number of amides is 1. The summed E-state index contributed by atoms with van der Waals surface area (Å²) in [6.07, 6.45) is 1.71. The molecule has 0 bridgehead atoms. The van der Waals surface area contributed by atoms with E-state index < -0.39 is 5.91 Å². The number of primary amides is 1. The zero-order valence-electron chi connectivity index (χ0n) is 9.75. The van der Waals surface area contributed by atoms with Crippen LogP contribution in [0, 0.1) is 0 Å². The Morgan fingerprint density at radius 2 is 1.89 bits per heavy atom. The van der Waals surface area contributed by atoms with Gasteiger partial charge in [-0.3, -0.25) is 4.79 Å². The van der Waals surface area contributed by atoms with Crippen LogP contribution in [0.5, 0.6) is 0 Å². The van der Waals surface area contributed by atoms with Crippen LogP contribution < -0.4 is 5.73 Å². The zero-order valence-corrected chi connectivity index (χ0v) is 10.5. The number of nitrogens with zero attached hydrogens (tertiary/aromatic N) is 3. The van der Waals surface area contributed by atoms with E-state index >= 15 is 0 Å². The normalized spacial score (nSPS) is 10.8. The molecule has 0 unspecified atom stereocenters. The Balaban J connectivity index is 2.13. The number of carbonyl (C=O) groups is 1. The number of hydrogen-bond acceptors (Lipinski definition) is 3. The standard InChI is InChI=1S/C13H9ClN4O/c14-11-5-6-12-16-7-10(18(12)17-11)8-1-3-9(4-2-8)13(15)19/h1-7H,(H2,15,19). The zero-order chi connectivity index (χ0) is 13.4. The molecule has 94 valence electrons. The summed E-state index contributed by atoms with van der Waals surface area (Å²) in [6.45, 7) is 0. The van der Waals surface area contributed by atoms with Gasteiger partial charge in [-0.1, -0.05) is 23.7 Å². The van der Waals surface area contributed by atoms with Gasteiger partial charge in [-0.2, -0.15) is 5.10 Å². The van der Waals surface area contributed by atoms with Crippen LogP contribution in [0.4, 0.5) is 0 Å². The van der Waals surface area contributed by atoms with Gasteiger partial charge in [-0.05, 0) is 24.3 Å². The number of imidazole rings is 1. The Morgan fingerprint density at radius 3 is 2.58 bits per heavy atom. The third kappa shape index (κ3) is 2.04. The molecule has 2 N–H and O–H groups in total. The summed E-state index contributed by atoms with van der Waals surface area (Å²) in [5, 5.41) is 4.59. The second kappa shape index (κ2) is 4.37. The minimum Gasteiger partial charge on any atom is -0.366 e. The first-order valence-corrected chi connectivity index (χ1v) is 5.93. The molecule has 0 radical (unpaired) electrons. The molecule has 19 heavy (non-hydrogen) atoms. The molecular formula is C13H9ClN4O. The monoisotopic (exact) mass is 272 g/mol. The van der Waals surface area contributed by atoms with Crippen LogP contribution in [-0.4, -0.2) is 20.5 Å². The molecule has 3 aromatic rings. The van der Waals surface area contributed by atoms with E-state index in [1.807, 2.05) is 0 Å². The molecule has 0 saturated heterocycles. The highest BCUT2D eigenvalue weighted by molar-refractivity contribution is 6.29. The number of benzene rings is 1. The van der Waals surface area contributed by atoms with Gasteiger partial charge in [-0.25, -0.2) is 9.50 Å². The largest absolute Gasteiger partial charge is 0.366 e. The predicted octanol–water partition coefficient (Wildman–Crippen LogP) is 2.15. The smallest absolute Gasteiger partial charge is 0.248 e. The fourth-order valence-corrected chi connectivity index (χ4v) is 1.99. The molecule has 0 atom stereocenters. The quantitative estimate of drug-likeness (QED) is 0.777. The third-order valence-electron chi connectivity index (χ3n) is 2.79. The molecule has 2 aromatic heterocycles. The number of aromatic nitrogens is 3. The second-order valence-corrected chi connectivity index (χ2v) is 4.40. The van der Waals surface area contributed by atoms with Crippen molar-refractivity contribution in [3.8, 4) is 11.3 Å². The van der Waals surface area contributed by atoms with Crippen LogP contribution in [0.25, 0.3) is 16.9 Å². The molecule has 5 nitrogen and oxygen atoms in total. The highest BCUT2D eigenvalue weighted by atomic mass is 35.5. The van der Waals surface area contributed by atoms with Crippen molar-refractivity contribution in [2.75, 3.05) is 0 Å². The van der Waals surface area contributed by atoms with Gasteiger partial charge < -0.3 is 5.73 Å². The van der Waals surface area contributed by atoms with E-state index in [4.69, 9.17) is 17.3 Å². The van der Waals surface area contributed by atoms with E-state index in [1.54, 1.807) is 47.1 Å². The first-order chi connectivity index (χ1) is 9.15. The van der Waals surface area contributed by atoms with Gasteiger partial charge in [0.2, 0.25) is 5.91 Å². The van der Waals surface area contributed by atoms with Crippen LogP contribution in [-0.2, 0) is 0 Å². The Labute approximate surface area is 113 Å². The average molecular weight is 273 g/mol. The molecule has 0 saturated carbocycles. The molecule has 1 aromatic carbocycles. The van der Waals surface area contributed by atoms with E-state index in [0.29, 0.717) is 16.4 Å². The van der Waals surface area contributed by atoms with Gasteiger partial charge in [-0.15, -0.1) is 0 Å². The van der Waals surface area contributed by atoms with Crippen LogP contribution in [0.15, 0.2) is 42.6 Å². The molecule has 2 heterocycles. The van der Waals surface area contributed by atoms with Crippen LogP contribution in [0.1, 0.15) is 10.4 Å². The van der Waals surface area contributed by atoms with Crippen LogP contribution in [0.2, 0.25) is 5.15 Å². The molecule has 0 aliphatic carbocycles. The summed E-state index contributed by atoms with van der Waals surface area (Å²) in [6, 6.07) is 10.4. The van der Waals surface area contributed by atoms with Gasteiger partial charge in [0.05, 0.1) is 11.9 Å². The highest BCUT2D eigenvalue weighted by Gasteiger charge is 2.08. The lowest BCUT2D eigenvalue weighted by Crippen LogP contribution is -2.10. The number of rotatable bonds is 2. The number of halogens is 1. The lowest BCUT2D eigenvalue weighted by Gasteiger charge is -2.02. The van der Waals surface area contributed by atoms with Crippen LogP contribution >= 0.6 is 11.6 Å². The maximum absolute atomic E-state index is 11.0. The number of fused-ring (bicyclic) bond motifs is 1. The first-order valence-electron chi connectivity index (χ1n) is 5.56. The fourth-order valence-electron chi connectivity index (χ4n) is 1.85. The summed E-state index contributed by atoms with van der Waals surface area (Å²) < 4.78 is 1.65. The minimum atomic E-state index is -0.453. The van der Waals surface area contributed by atoms with Crippen molar-refractivity contribution < 1.29 is 4.79 Å². The molecule has 1 amide bonds. The van der Waals surface area contributed by atoms with Gasteiger partial charge in [0.25, 0.3) is 0 Å². The lowest BCUT2D eigenvalue weighted by molar-refractivity contribution is 0.100. The van der Waals surface area contributed by atoms with Gasteiger partial charge in [0, 0.05) is 11.1 Å². The summed E-state index contributed by atoms with van der Waals surface area (Å²) in [7, 11) is 0. The van der Waals surface area contributed by atoms with Gasteiger partial charge in [0.1, 0.15) is 5.15 Å². The average Bonchev–Trinajstić information content (AvgIpc) is 2.81. The SMILES string of the molecule is NC(=O)c1ccc(-c2cnc3ccc(Cl)nn23)cc1. The summed E-state index contributed by atoms with van der Waals surface area (Å²) in [4.78, 5) is 15.3. The Kier molecular flexibility index (Phi) is 2.68. The Morgan fingerprint density at radius 1 is 1.16 bits per heavy atom. The maximum atomic E-state index is 11.0. The van der Waals surface area contributed by atoms with Gasteiger partial charge >= 0.3 is 0 Å².